The summed E-state index contributed by atoms with van der Waals surface area (Å²) in [5.41, 5.74) is 16.1. The Labute approximate surface area is 354 Å². The van der Waals surface area contributed by atoms with Gasteiger partial charge in [-0.3, -0.25) is 0 Å². The van der Waals surface area contributed by atoms with Gasteiger partial charge in [-0.25, -0.2) is 0 Å². The van der Waals surface area contributed by atoms with Gasteiger partial charge in [-0.1, -0.05) is 51.1 Å². The van der Waals surface area contributed by atoms with E-state index in [1.807, 2.05) is 48.5 Å². The number of anilines is 6. The number of rotatable bonds is 12. The lowest BCUT2D eigenvalue weighted by Gasteiger charge is -2.41. The summed E-state index contributed by atoms with van der Waals surface area (Å²) in [6.07, 6.45) is 0. The van der Waals surface area contributed by atoms with E-state index < -0.39 is 22.3 Å². The van der Waals surface area contributed by atoms with Crippen molar-refractivity contribution in [3.63, 3.8) is 0 Å². The van der Waals surface area contributed by atoms with Crippen LogP contribution in [0.2, 0.25) is 39.3 Å². The minimum atomic E-state index is -2.39. The number of ether oxygens (including phenoxy) is 4. The van der Waals surface area contributed by atoms with Crippen molar-refractivity contribution < 1.29 is 18.9 Å². The van der Waals surface area contributed by atoms with Crippen LogP contribution in [-0.2, 0) is 0 Å². The van der Waals surface area contributed by atoms with Crippen molar-refractivity contribution in [1.82, 2.24) is 0 Å². The van der Waals surface area contributed by atoms with Crippen molar-refractivity contribution in [2.45, 2.75) is 39.3 Å². The van der Waals surface area contributed by atoms with Crippen LogP contribution in [-0.4, -0.2) is 50.7 Å². The first-order valence-electron chi connectivity index (χ1n) is 19.7. The fourth-order valence-electron chi connectivity index (χ4n) is 7.45. The van der Waals surface area contributed by atoms with Crippen molar-refractivity contribution in [1.29, 1.82) is 0 Å². The molecule has 0 spiro atoms. The van der Waals surface area contributed by atoms with E-state index in [2.05, 4.69) is 169 Å². The molecule has 0 aromatic heterocycles. The highest BCUT2D eigenvalue weighted by atomic mass is 29.6. The molecule has 59 heavy (non-hydrogen) atoms. The zero-order valence-corrected chi connectivity index (χ0v) is 38.9. The molecule has 9 heteroatoms. The Balaban J connectivity index is 1.34. The molecule has 0 heterocycles. The molecule has 300 valence electrons. The summed E-state index contributed by atoms with van der Waals surface area (Å²) in [6, 6.07) is 49.6. The van der Waals surface area contributed by atoms with E-state index in [4.69, 9.17) is 18.9 Å². The summed E-state index contributed by atoms with van der Waals surface area (Å²) in [7, 11) is 0.644. The Morgan fingerprint density at radius 1 is 0.322 bits per heavy atom. The smallest absolute Gasteiger partial charge is 0.195 e. The van der Waals surface area contributed by atoms with Crippen molar-refractivity contribution in [2.75, 3.05) is 38.2 Å². The average molecular weight is 831 g/mol. The van der Waals surface area contributed by atoms with Crippen LogP contribution in [0.4, 0.5) is 34.1 Å². The molecule has 0 bridgehead atoms. The van der Waals surface area contributed by atoms with Crippen LogP contribution >= 0.6 is 0 Å². The molecule has 6 aromatic rings. The fourth-order valence-corrected chi connectivity index (χ4v) is 44.2. The molecule has 0 N–H and O–H groups in total. The van der Waals surface area contributed by atoms with Gasteiger partial charge in [0.2, 0.25) is 0 Å². The zero-order valence-electron chi connectivity index (χ0n) is 35.9. The highest BCUT2D eigenvalue weighted by Crippen LogP contribution is 2.38. The third-order valence-corrected chi connectivity index (χ3v) is 44.6. The quantitative estimate of drug-likeness (QED) is 0.0904. The Morgan fingerprint density at radius 2 is 0.525 bits per heavy atom. The van der Waals surface area contributed by atoms with E-state index >= 15 is 0 Å². The first-order chi connectivity index (χ1) is 28.3. The van der Waals surface area contributed by atoms with Gasteiger partial charge in [0.15, 0.2) is 7.11 Å². The lowest BCUT2D eigenvalue weighted by atomic mass is 10.1. The summed E-state index contributed by atoms with van der Waals surface area (Å²) < 4.78 is 21.8. The Hall–Kier alpha value is -6.11. The van der Waals surface area contributed by atoms with E-state index in [-0.39, 0.29) is 0 Å². The highest BCUT2D eigenvalue weighted by Gasteiger charge is 2.54. The Bertz CT molecular complexity index is 2160. The van der Waals surface area contributed by atoms with Gasteiger partial charge >= 0.3 is 0 Å². The van der Waals surface area contributed by atoms with Gasteiger partial charge in [-0.05, 0) is 146 Å². The summed E-state index contributed by atoms with van der Waals surface area (Å²) >= 11 is 0. The number of benzene rings is 6. The lowest BCUT2D eigenvalue weighted by molar-refractivity contribution is 0.414. The van der Waals surface area contributed by atoms with Crippen LogP contribution in [0.15, 0.2) is 146 Å². The molecule has 0 aliphatic rings. The minimum absolute atomic E-state index is 0.813. The zero-order chi connectivity index (χ0) is 42.2. The summed E-state index contributed by atoms with van der Waals surface area (Å²) in [5.74, 6) is 10.6. The van der Waals surface area contributed by atoms with E-state index in [0.717, 1.165) is 68.2 Å². The van der Waals surface area contributed by atoms with Crippen molar-refractivity contribution in [3.8, 4) is 45.9 Å². The molecule has 0 fully saturated rings. The Morgan fingerprint density at radius 3 is 0.712 bits per heavy atom. The molecule has 0 aliphatic carbocycles. The van der Waals surface area contributed by atoms with Crippen LogP contribution in [0.5, 0.6) is 23.0 Å². The van der Waals surface area contributed by atoms with Crippen molar-refractivity contribution >= 4 is 56.4 Å². The number of hydrogen-bond acceptors (Lipinski definition) is 6. The standard InChI is InChI=1S/C50H54N2O4Si3/c1-53-47-27-19-43(20-28-47)51(44-21-29-48(54-2)30-22-44)41-15-11-39(12-16-41)35-37-59(57(5,6)7,58(8,9)10)38-36-40-13-17-42(18-14-40)52(45-23-31-49(55-3)32-24-45)46-25-33-50(56-4)34-26-46/h11-34H,1-10H3. The number of hydrogen-bond donors (Lipinski definition) is 0. The van der Waals surface area contributed by atoms with Crippen molar-refractivity contribution in [2.24, 2.45) is 0 Å². The van der Waals surface area contributed by atoms with E-state index in [1.165, 1.54) is 0 Å². The van der Waals surface area contributed by atoms with Gasteiger partial charge in [0.25, 0.3) is 0 Å². The van der Waals surface area contributed by atoms with Gasteiger partial charge in [0.1, 0.15) is 23.0 Å². The lowest BCUT2D eigenvalue weighted by Crippen LogP contribution is -2.70. The summed E-state index contributed by atoms with van der Waals surface area (Å²) in [4.78, 5) is 4.45. The second-order valence-corrected chi connectivity index (χ2v) is 42.3. The van der Waals surface area contributed by atoms with Gasteiger partial charge < -0.3 is 28.7 Å². The molecule has 0 unspecified atom stereocenters. The van der Waals surface area contributed by atoms with E-state index in [0.29, 0.717) is 0 Å². The van der Waals surface area contributed by atoms with Crippen LogP contribution in [0.25, 0.3) is 0 Å². The van der Waals surface area contributed by atoms with Crippen LogP contribution in [0.3, 0.4) is 0 Å². The molecule has 0 aliphatic heterocycles. The number of nitrogens with zero attached hydrogens (tertiary/aromatic N) is 2. The molecule has 0 amide bonds. The topological polar surface area (TPSA) is 43.4 Å². The van der Waals surface area contributed by atoms with E-state index in [9.17, 15) is 0 Å². The second kappa shape index (κ2) is 18.2. The van der Waals surface area contributed by atoms with Gasteiger partial charge in [0, 0.05) is 45.3 Å². The van der Waals surface area contributed by atoms with Crippen LogP contribution in [0.1, 0.15) is 11.1 Å². The second-order valence-electron chi connectivity index (χ2n) is 16.3. The van der Waals surface area contributed by atoms with Gasteiger partial charge in [-0.15, -0.1) is 11.1 Å². The Kier molecular flexibility index (Phi) is 13.1. The summed E-state index contributed by atoms with van der Waals surface area (Å²) in [6.45, 7) is 14.8. The molecule has 0 saturated carbocycles. The molecule has 6 aromatic carbocycles. The first-order valence-corrected chi connectivity index (χ1v) is 30.7. The normalized spacial score (nSPS) is 11.3. The molecule has 0 atom stereocenters. The monoisotopic (exact) mass is 830 g/mol. The molecule has 0 radical (unpaired) electrons. The molecular weight excluding hydrogens is 777 g/mol. The van der Waals surface area contributed by atoms with Crippen molar-refractivity contribution in [3.05, 3.63) is 157 Å². The van der Waals surface area contributed by atoms with Gasteiger partial charge in [0.05, 0.1) is 43.6 Å². The predicted octanol–water partition coefficient (Wildman–Crippen LogP) is 12.4. The summed E-state index contributed by atoms with van der Waals surface area (Å²) in [5, 5.41) is 0. The van der Waals surface area contributed by atoms with Crippen LogP contribution < -0.4 is 28.7 Å². The maximum absolute atomic E-state index is 5.45. The molecule has 6 nitrogen and oxygen atoms in total. The highest BCUT2D eigenvalue weighted by molar-refractivity contribution is 7.74. The maximum Gasteiger partial charge on any atom is 0.195 e. The average Bonchev–Trinajstić information content (AvgIpc) is 3.25. The maximum atomic E-state index is 5.45. The van der Waals surface area contributed by atoms with Crippen LogP contribution in [0, 0.1) is 22.9 Å². The predicted molar refractivity (Wildman–Crippen MR) is 255 cm³/mol. The van der Waals surface area contributed by atoms with E-state index in [1.54, 1.807) is 28.4 Å². The third kappa shape index (κ3) is 9.62. The number of methoxy groups -OCH3 is 4. The fraction of sp³-hybridized carbons (Fsp3) is 0.200. The third-order valence-electron chi connectivity index (χ3n) is 10.6. The minimum Gasteiger partial charge on any atom is -0.497 e. The first kappa shape index (κ1) is 42.5. The van der Waals surface area contributed by atoms with Gasteiger partial charge in [-0.2, -0.15) is 0 Å². The SMILES string of the molecule is COc1ccc(N(c2ccc(C#C[Si](C#Cc3ccc(N(c4ccc(OC)cc4)c4ccc(OC)cc4)cc3)([Si](C)(C)C)[Si](C)(C)C)cc2)c2ccc(OC)cc2)cc1. The largest absolute Gasteiger partial charge is 0.497 e. The molecular formula is C50H54N2O4Si3. The molecule has 0 saturated heterocycles. The molecule has 6 rings (SSSR count).